The third kappa shape index (κ3) is 4.18. The predicted octanol–water partition coefficient (Wildman–Crippen LogP) is 3.38. The molecule has 2 saturated carbocycles. The largest absolute Gasteiger partial charge is 0.457 e. The Morgan fingerprint density at radius 2 is 2.07 bits per heavy atom. The van der Waals surface area contributed by atoms with E-state index in [-0.39, 0.29) is 18.5 Å². The van der Waals surface area contributed by atoms with Crippen molar-refractivity contribution < 1.29 is 9.53 Å². The maximum atomic E-state index is 12.2. The highest BCUT2D eigenvalue weighted by Gasteiger charge is 2.40. The summed E-state index contributed by atoms with van der Waals surface area (Å²) in [5.74, 6) is 2.63. The van der Waals surface area contributed by atoms with Gasteiger partial charge < -0.3 is 15.8 Å². The summed E-state index contributed by atoms with van der Waals surface area (Å²) >= 11 is 0. The SMILES string of the molecule is Cc1ccccc1Nc1nc(N)nc(COC(=O)C[C@@H]2C[C@@H]3CC[C@H]2C3)n1. The van der Waals surface area contributed by atoms with Gasteiger partial charge in [-0.1, -0.05) is 24.6 Å². The van der Waals surface area contributed by atoms with Crippen LogP contribution in [-0.4, -0.2) is 20.9 Å². The van der Waals surface area contributed by atoms with Crippen LogP contribution in [0.15, 0.2) is 24.3 Å². The Morgan fingerprint density at radius 3 is 2.81 bits per heavy atom. The Hall–Kier alpha value is -2.70. The van der Waals surface area contributed by atoms with Crippen LogP contribution in [0.25, 0.3) is 0 Å². The van der Waals surface area contributed by atoms with E-state index in [1.165, 1.54) is 25.7 Å². The lowest BCUT2D eigenvalue weighted by molar-refractivity contribution is -0.146. The molecule has 7 heteroatoms. The number of ether oxygens (including phenoxy) is 1. The third-order valence-electron chi connectivity index (χ3n) is 5.77. The first kappa shape index (κ1) is 17.7. The van der Waals surface area contributed by atoms with Crippen LogP contribution in [0.4, 0.5) is 17.6 Å². The highest BCUT2D eigenvalue weighted by molar-refractivity contribution is 5.69. The molecule has 0 spiro atoms. The average molecular weight is 367 g/mol. The van der Waals surface area contributed by atoms with Crippen LogP contribution in [0.2, 0.25) is 0 Å². The number of para-hydroxylation sites is 1. The number of nitrogens with one attached hydrogen (secondary N) is 1. The molecule has 0 amide bonds. The Bertz CT molecular complexity index is 841. The van der Waals surface area contributed by atoms with Crippen molar-refractivity contribution in [2.75, 3.05) is 11.1 Å². The minimum atomic E-state index is -0.181. The Labute approximate surface area is 158 Å². The summed E-state index contributed by atoms with van der Waals surface area (Å²) < 4.78 is 5.41. The van der Waals surface area contributed by atoms with Gasteiger partial charge in [0.2, 0.25) is 11.9 Å². The zero-order chi connectivity index (χ0) is 18.8. The van der Waals surface area contributed by atoms with Crippen molar-refractivity contribution >= 4 is 23.6 Å². The lowest BCUT2D eigenvalue weighted by Crippen LogP contribution is -2.17. The number of rotatable bonds is 6. The molecule has 2 fully saturated rings. The summed E-state index contributed by atoms with van der Waals surface area (Å²) in [7, 11) is 0. The summed E-state index contributed by atoms with van der Waals surface area (Å²) in [5, 5.41) is 3.14. The van der Waals surface area contributed by atoms with E-state index in [0.717, 1.165) is 17.2 Å². The monoisotopic (exact) mass is 367 g/mol. The number of hydrogen-bond donors (Lipinski definition) is 2. The molecule has 1 aromatic heterocycles. The van der Waals surface area contributed by atoms with E-state index in [4.69, 9.17) is 10.5 Å². The van der Waals surface area contributed by atoms with Crippen molar-refractivity contribution in [3.63, 3.8) is 0 Å². The maximum Gasteiger partial charge on any atom is 0.306 e. The topological polar surface area (TPSA) is 103 Å². The van der Waals surface area contributed by atoms with Gasteiger partial charge in [0, 0.05) is 12.1 Å². The molecule has 27 heavy (non-hydrogen) atoms. The normalized spacial score (nSPS) is 23.4. The minimum absolute atomic E-state index is 0.00875. The van der Waals surface area contributed by atoms with Crippen LogP contribution in [-0.2, 0) is 16.1 Å². The van der Waals surface area contributed by atoms with E-state index < -0.39 is 0 Å². The molecule has 1 aromatic carbocycles. The second-order valence-electron chi connectivity index (χ2n) is 7.67. The van der Waals surface area contributed by atoms with Crippen LogP contribution in [0.1, 0.15) is 43.5 Å². The highest BCUT2D eigenvalue weighted by Crippen LogP contribution is 2.49. The fourth-order valence-electron chi connectivity index (χ4n) is 4.44. The number of aryl methyl sites for hydroxylation is 1. The van der Waals surface area contributed by atoms with Crippen molar-refractivity contribution in [1.82, 2.24) is 15.0 Å². The van der Waals surface area contributed by atoms with Crippen molar-refractivity contribution in [3.8, 4) is 0 Å². The molecule has 0 aliphatic heterocycles. The number of esters is 1. The number of anilines is 3. The van der Waals surface area contributed by atoms with E-state index in [0.29, 0.717) is 30.0 Å². The zero-order valence-electron chi connectivity index (χ0n) is 15.5. The average Bonchev–Trinajstić information content (AvgIpc) is 3.25. The molecule has 2 aromatic rings. The maximum absolute atomic E-state index is 12.2. The Morgan fingerprint density at radius 1 is 1.22 bits per heavy atom. The van der Waals surface area contributed by atoms with Crippen LogP contribution < -0.4 is 11.1 Å². The number of carbonyl (C=O) groups excluding carboxylic acids is 1. The summed E-state index contributed by atoms with van der Waals surface area (Å²) in [4.78, 5) is 24.7. The van der Waals surface area contributed by atoms with Gasteiger partial charge in [-0.15, -0.1) is 0 Å². The van der Waals surface area contributed by atoms with Crippen LogP contribution in [0.3, 0.4) is 0 Å². The zero-order valence-corrected chi connectivity index (χ0v) is 15.5. The van der Waals surface area contributed by atoms with Gasteiger partial charge in [-0.25, -0.2) is 0 Å². The van der Waals surface area contributed by atoms with Gasteiger partial charge in [-0.05, 0) is 55.6 Å². The standard InChI is InChI=1S/C20H25N5O2/c1-12-4-2-3-5-16(12)22-20-24-17(23-19(21)25-20)11-27-18(26)10-15-9-13-6-7-14(15)8-13/h2-5,13-15H,6-11H2,1H3,(H3,21,22,23,24,25)/t13-,14+,15+/m1/s1. The summed E-state index contributed by atoms with van der Waals surface area (Å²) in [6.45, 7) is 2.00. The van der Waals surface area contributed by atoms with Gasteiger partial charge >= 0.3 is 5.97 Å². The third-order valence-corrected chi connectivity index (χ3v) is 5.77. The number of carbonyl (C=O) groups is 1. The van der Waals surface area contributed by atoms with E-state index in [9.17, 15) is 4.79 Å². The molecule has 1 heterocycles. The number of fused-ring (bicyclic) bond motifs is 2. The van der Waals surface area contributed by atoms with Gasteiger partial charge in [0.05, 0.1) is 0 Å². The first-order chi connectivity index (χ1) is 13.1. The molecule has 3 N–H and O–H groups in total. The molecule has 0 radical (unpaired) electrons. The molecule has 4 rings (SSSR count). The van der Waals surface area contributed by atoms with Crippen molar-refractivity contribution in [2.45, 2.75) is 45.6 Å². The van der Waals surface area contributed by atoms with Crippen molar-refractivity contribution in [2.24, 2.45) is 17.8 Å². The molecular formula is C20H25N5O2. The lowest BCUT2D eigenvalue weighted by Gasteiger charge is -2.20. The van der Waals surface area contributed by atoms with E-state index in [2.05, 4.69) is 20.3 Å². The molecule has 2 aliphatic carbocycles. The number of nitrogens with zero attached hydrogens (tertiary/aromatic N) is 3. The van der Waals surface area contributed by atoms with Crippen molar-refractivity contribution in [3.05, 3.63) is 35.7 Å². The number of benzene rings is 1. The highest BCUT2D eigenvalue weighted by atomic mass is 16.5. The van der Waals surface area contributed by atoms with Gasteiger partial charge in [0.1, 0.15) is 0 Å². The molecule has 2 bridgehead atoms. The predicted molar refractivity (Wildman–Crippen MR) is 102 cm³/mol. The van der Waals surface area contributed by atoms with Crippen molar-refractivity contribution in [1.29, 1.82) is 0 Å². The first-order valence-electron chi connectivity index (χ1n) is 9.55. The van der Waals surface area contributed by atoms with Crippen LogP contribution in [0.5, 0.6) is 0 Å². The van der Waals surface area contributed by atoms with Gasteiger partial charge in [0.15, 0.2) is 12.4 Å². The molecule has 2 aliphatic rings. The second-order valence-corrected chi connectivity index (χ2v) is 7.67. The quantitative estimate of drug-likeness (QED) is 0.754. The molecule has 3 atom stereocenters. The number of nitrogens with two attached hydrogens (primary N) is 1. The van der Waals surface area contributed by atoms with E-state index >= 15 is 0 Å². The smallest absolute Gasteiger partial charge is 0.306 e. The van der Waals surface area contributed by atoms with E-state index in [1.54, 1.807) is 0 Å². The van der Waals surface area contributed by atoms with Gasteiger partial charge in [-0.3, -0.25) is 4.79 Å². The molecule has 0 unspecified atom stereocenters. The minimum Gasteiger partial charge on any atom is -0.457 e. The number of aromatic nitrogens is 3. The van der Waals surface area contributed by atoms with E-state index in [1.807, 2.05) is 31.2 Å². The van der Waals surface area contributed by atoms with Crippen LogP contribution in [0, 0.1) is 24.7 Å². The molecular weight excluding hydrogens is 342 g/mol. The summed E-state index contributed by atoms with van der Waals surface area (Å²) in [5.41, 5.74) is 7.74. The first-order valence-corrected chi connectivity index (χ1v) is 9.55. The second kappa shape index (κ2) is 7.50. The van der Waals surface area contributed by atoms with Gasteiger partial charge in [0.25, 0.3) is 0 Å². The summed E-state index contributed by atoms with van der Waals surface area (Å²) in [6.07, 6.45) is 5.55. The summed E-state index contributed by atoms with van der Waals surface area (Å²) in [6, 6.07) is 7.82. The number of nitrogen functional groups attached to an aromatic ring is 1. The fourth-order valence-corrected chi connectivity index (χ4v) is 4.44. The lowest BCUT2D eigenvalue weighted by atomic mass is 9.86. The Balaban J connectivity index is 1.35. The fraction of sp³-hybridized carbons (Fsp3) is 0.500. The Kier molecular flexibility index (Phi) is 4.92. The molecule has 0 saturated heterocycles. The number of hydrogen-bond acceptors (Lipinski definition) is 7. The van der Waals surface area contributed by atoms with Gasteiger partial charge in [-0.2, -0.15) is 15.0 Å². The van der Waals surface area contributed by atoms with Crippen LogP contribution >= 0.6 is 0 Å². The molecule has 7 nitrogen and oxygen atoms in total. The molecule has 142 valence electrons.